The van der Waals surface area contributed by atoms with Crippen molar-refractivity contribution in [3.8, 4) is 0 Å². The number of rotatable bonds is 3. The van der Waals surface area contributed by atoms with Crippen LogP contribution in [0.25, 0.3) is 0 Å². The van der Waals surface area contributed by atoms with E-state index in [4.69, 9.17) is 0 Å². The Labute approximate surface area is 141 Å². The monoisotopic (exact) mass is 320 g/mol. The molecule has 2 unspecified atom stereocenters. The Balaban J connectivity index is 1.32. The molecule has 0 N–H and O–H groups in total. The number of aromatic nitrogens is 2. The quantitative estimate of drug-likeness (QED) is 0.872. The van der Waals surface area contributed by atoms with E-state index >= 15 is 0 Å². The number of carbonyl (C=O) groups is 1. The van der Waals surface area contributed by atoms with Gasteiger partial charge in [0.05, 0.1) is 12.1 Å². The highest BCUT2D eigenvalue weighted by molar-refractivity contribution is 5.95. The molecule has 5 nitrogen and oxygen atoms in total. The minimum absolute atomic E-state index is 0.165. The average molecular weight is 320 g/mol. The third-order valence-electron chi connectivity index (χ3n) is 5.44. The van der Waals surface area contributed by atoms with E-state index in [0.29, 0.717) is 18.0 Å². The van der Waals surface area contributed by atoms with Gasteiger partial charge in [-0.2, -0.15) is 0 Å². The molecular formula is C19H20N4O. The average Bonchev–Trinajstić information content (AvgIpc) is 3.48. The molecule has 122 valence electrons. The van der Waals surface area contributed by atoms with Gasteiger partial charge >= 0.3 is 0 Å². The fourth-order valence-corrected chi connectivity index (χ4v) is 3.99. The number of fused-ring (bicyclic) bond motifs is 2. The molecule has 4 aliphatic rings. The molecule has 1 aliphatic carbocycles. The van der Waals surface area contributed by atoms with Crippen LogP contribution < -0.4 is 4.90 Å². The number of piperazine rings is 1. The third kappa shape index (κ3) is 2.27. The van der Waals surface area contributed by atoms with Gasteiger partial charge in [0.15, 0.2) is 0 Å². The molecule has 3 saturated heterocycles. The zero-order chi connectivity index (χ0) is 16.1. The standard InChI is InChI=1S/C19H20N4O/c24-19(14-4-2-1-3-5-14)23-15-8-16(23)11-22(10-15)18-9-17(13-6-7-13)20-12-21-18/h1-5,9,12-13,15-16H,6-8,10-11H2. The molecule has 4 fully saturated rings. The van der Waals surface area contributed by atoms with Crippen LogP contribution in [0.1, 0.15) is 41.2 Å². The van der Waals surface area contributed by atoms with Crippen molar-refractivity contribution in [3.05, 3.63) is 54.0 Å². The number of amides is 1. The summed E-state index contributed by atoms with van der Waals surface area (Å²) in [7, 11) is 0. The molecule has 2 atom stereocenters. The van der Waals surface area contributed by atoms with Crippen LogP contribution in [0.4, 0.5) is 5.82 Å². The number of nitrogens with zero attached hydrogens (tertiary/aromatic N) is 4. The highest BCUT2D eigenvalue weighted by Gasteiger charge is 2.47. The minimum Gasteiger partial charge on any atom is -0.352 e. The predicted molar refractivity (Wildman–Crippen MR) is 91.0 cm³/mol. The summed E-state index contributed by atoms with van der Waals surface area (Å²) in [5.74, 6) is 1.83. The van der Waals surface area contributed by atoms with Crippen molar-refractivity contribution in [1.29, 1.82) is 0 Å². The zero-order valence-electron chi connectivity index (χ0n) is 13.5. The first-order chi connectivity index (χ1) is 11.8. The summed E-state index contributed by atoms with van der Waals surface area (Å²) in [6.45, 7) is 1.74. The van der Waals surface area contributed by atoms with Crippen LogP contribution in [0.2, 0.25) is 0 Å². The minimum atomic E-state index is 0.165. The van der Waals surface area contributed by atoms with Crippen LogP contribution >= 0.6 is 0 Å². The molecule has 2 bridgehead atoms. The Bertz CT molecular complexity index is 762. The van der Waals surface area contributed by atoms with Gasteiger partial charge in [0.25, 0.3) is 5.91 Å². The highest BCUT2D eigenvalue weighted by atomic mass is 16.2. The summed E-state index contributed by atoms with van der Waals surface area (Å²) in [5, 5.41) is 0. The molecule has 0 spiro atoms. The molecule has 5 heteroatoms. The van der Waals surface area contributed by atoms with E-state index in [9.17, 15) is 4.79 Å². The molecule has 3 aliphatic heterocycles. The van der Waals surface area contributed by atoms with E-state index in [2.05, 4.69) is 25.8 Å². The van der Waals surface area contributed by atoms with E-state index in [0.717, 1.165) is 30.9 Å². The fourth-order valence-electron chi connectivity index (χ4n) is 3.99. The fraction of sp³-hybridized carbons (Fsp3) is 0.421. The molecular weight excluding hydrogens is 300 g/mol. The van der Waals surface area contributed by atoms with Crippen molar-refractivity contribution >= 4 is 11.7 Å². The molecule has 1 amide bonds. The Kier molecular flexibility index (Phi) is 3.08. The first-order valence-electron chi connectivity index (χ1n) is 8.74. The molecule has 24 heavy (non-hydrogen) atoms. The van der Waals surface area contributed by atoms with Crippen LogP contribution in [0, 0.1) is 0 Å². The van der Waals surface area contributed by atoms with E-state index in [-0.39, 0.29) is 5.91 Å². The Morgan fingerprint density at radius 1 is 1.04 bits per heavy atom. The van der Waals surface area contributed by atoms with Gasteiger partial charge in [0, 0.05) is 36.3 Å². The first kappa shape index (κ1) is 14.0. The number of piperidine rings is 1. The van der Waals surface area contributed by atoms with Crippen molar-refractivity contribution in [2.24, 2.45) is 0 Å². The third-order valence-corrected chi connectivity index (χ3v) is 5.44. The van der Waals surface area contributed by atoms with Crippen molar-refractivity contribution < 1.29 is 4.79 Å². The second kappa shape index (κ2) is 5.30. The van der Waals surface area contributed by atoms with Crippen molar-refractivity contribution in [1.82, 2.24) is 14.9 Å². The van der Waals surface area contributed by atoms with Gasteiger partial charge in [-0.1, -0.05) is 18.2 Å². The zero-order valence-corrected chi connectivity index (χ0v) is 13.5. The summed E-state index contributed by atoms with van der Waals surface area (Å²) in [6.07, 6.45) is 5.30. The second-order valence-corrected chi connectivity index (χ2v) is 7.10. The molecule has 1 saturated carbocycles. The van der Waals surface area contributed by atoms with Gasteiger partial charge in [-0.05, 0) is 31.4 Å². The van der Waals surface area contributed by atoms with Crippen LogP contribution in [0.5, 0.6) is 0 Å². The first-order valence-corrected chi connectivity index (χ1v) is 8.74. The number of carbonyl (C=O) groups excluding carboxylic acids is 1. The summed E-state index contributed by atoms with van der Waals surface area (Å²) in [6, 6.07) is 12.4. The predicted octanol–water partition coefficient (Wildman–Crippen LogP) is 2.46. The Morgan fingerprint density at radius 3 is 2.50 bits per heavy atom. The lowest BCUT2D eigenvalue weighted by Gasteiger charge is -2.56. The number of benzene rings is 1. The maximum atomic E-state index is 12.7. The topological polar surface area (TPSA) is 49.3 Å². The normalized spacial score (nSPS) is 25.3. The summed E-state index contributed by atoms with van der Waals surface area (Å²) in [4.78, 5) is 26.0. The maximum absolute atomic E-state index is 12.7. The van der Waals surface area contributed by atoms with Crippen LogP contribution in [-0.2, 0) is 0 Å². The maximum Gasteiger partial charge on any atom is 0.254 e. The molecule has 0 radical (unpaired) electrons. The van der Waals surface area contributed by atoms with Crippen LogP contribution in [0.15, 0.2) is 42.7 Å². The Morgan fingerprint density at radius 2 is 1.79 bits per heavy atom. The molecule has 2 aromatic rings. The van der Waals surface area contributed by atoms with E-state index in [1.54, 1.807) is 6.33 Å². The van der Waals surface area contributed by atoms with Crippen LogP contribution in [0.3, 0.4) is 0 Å². The van der Waals surface area contributed by atoms with Crippen molar-refractivity contribution in [2.75, 3.05) is 18.0 Å². The van der Waals surface area contributed by atoms with Gasteiger partial charge in [0.1, 0.15) is 12.1 Å². The second-order valence-electron chi connectivity index (χ2n) is 7.10. The lowest BCUT2D eigenvalue weighted by Crippen LogP contribution is -2.70. The van der Waals surface area contributed by atoms with E-state index < -0.39 is 0 Å². The highest BCUT2D eigenvalue weighted by Crippen LogP contribution is 2.40. The largest absolute Gasteiger partial charge is 0.352 e. The van der Waals surface area contributed by atoms with E-state index in [1.807, 2.05) is 30.3 Å². The van der Waals surface area contributed by atoms with Gasteiger partial charge in [-0.3, -0.25) is 4.79 Å². The summed E-state index contributed by atoms with van der Waals surface area (Å²) >= 11 is 0. The number of anilines is 1. The number of hydrogen-bond acceptors (Lipinski definition) is 4. The van der Waals surface area contributed by atoms with E-state index in [1.165, 1.54) is 18.5 Å². The molecule has 6 rings (SSSR count). The summed E-state index contributed by atoms with van der Waals surface area (Å²) < 4.78 is 0. The van der Waals surface area contributed by atoms with Gasteiger partial charge in [-0.15, -0.1) is 0 Å². The lowest BCUT2D eigenvalue weighted by atomic mass is 9.86. The van der Waals surface area contributed by atoms with Crippen molar-refractivity contribution in [3.63, 3.8) is 0 Å². The SMILES string of the molecule is O=C(c1ccccc1)N1C2CC1CN(c1cc(C3CC3)ncn1)C2. The lowest BCUT2D eigenvalue weighted by molar-refractivity contribution is 0.00576. The van der Waals surface area contributed by atoms with Crippen LogP contribution in [-0.4, -0.2) is 45.9 Å². The molecule has 4 heterocycles. The smallest absolute Gasteiger partial charge is 0.254 e. The Hall–Kier alpha value is -2.43. The van der Waals surface area contributed by atoms with Crippen molar-refractivity contribution in [2.45, 2.75) is 37.3 Å². The van der Waals surface area contributed by atoms with Gasteiger partial charge < -0.3 is 9.80 Å². The number of hydrogen-bond donors (Lipinski definition) is 0. The summed E-state index contributed by atoms with van der Waals surface area (Å²) in [5.41, 5.74) is 1.97. The van der Waals surface area contributed by atoms with Gasteiger partial charge in [-0.25, -0.2) is 9.97 Å². The van der Waals surface area contributed by atoms with Gasteiger partial charge in [0.2, 0.25) is 0 Å². The molecule has 1 aromatic carbocycles. The molecule has 1 aromatic heterocycles.